The first-order valence-corrected chi connectivity index (χ1v) is 13.2. The molecule has 4 heteroatoms. The van der Waals surface area contributed by atoms with E-state index in [0.717, 1.165) is 32.4 Å². The third-order valence-electron chi connectivity index (χ3n) is 7.83. The van der Waals surface area contributed by atoms with Crippen LogP contribution in [0.3, 0.4) is 0 Å². The molecule has 1 saturated heterocycles. The predicted molar refractivity (Wildman–Crippen MR) is 130 cm³/mol. The Hall–Kier alpha value is -0.680. The first-order chi connectivity index (χ1) is 15.1. The molecule has 4 nitrogen and oxygen atoms in total. The normalized spacial score (nSPS) is 31.2. The van der Waals surface area contributed by atoms with Crippen molar-refractivity contribution in [2.24, 2.45) is 23.7 Å². The largest absolute Gasteiger partial charge is 0.392 e. The van der Waals surface area contributed by atoms with Crippen LogP contribution in [0.15, 0.2) is 23.8 Å². The Morgan fingerprint density at radius 1 is 1.23 bits per heavy atom. The lowest BCUT2D eigenvalue weighted by Crippen LogP contribution is -2.32. The van der Waals surface area contributed by atoms with Gasteiger partial charge in [0.05, 0.1) is 12.2 Å². The molecular weight excluding hydrogens is 384 g/mol. The average molecular weight is 433 g/mol. The maximum Gasteiger partial charge on any atom is 0.0723 e. The maximum absolute atomic E-state index is 10.6. The fourth-order valence-electron chi connectivity index (χ4n) is 6.01. The first kappa shape index (κ1) is 25.0. The minimum atomic E-state index is -0.381. The van der Waals surface area contributed by atoms with E-state index >= 15 is 0 Å². The lowest BCUT2D eigenvalue weighted by molar-refractivity contribution is 0.139. The van der Waals surface area contributed by atoms with Crippen LogP contribution in [0.2, 0.25) is 0 Å². The summed E-state index contributed by atoms with van der Waals surface area (Å²) in [6.07, 6.45) is 17.7. The summed E-state index contributed by atoms with van der Waals surface area (Å²) in [6.45, 7) is 10.4. The van der Waals surface area contributed by atoms with E-state index in [1.54, 1.807) is 0 Å². The highest BCUT2D eigenvalue weighted by molar-refractivity contribution is 5.22. The van der Waals surface area contributed by atoms with E-state index in [1.165, 1.54) is 70.2 Å². The zero-order chi connectivity index (χ0) is 22.1. The molecule has 3 rings (SSSR count). The Labute approximate surface area is 191 Å². The molecule has 0 bridgehead atoms. The maximum atomic E-state index is 10.6. The van der Waals surface area contributed by atoms with Gasteiger partial charge in [0.1, 0.15) is 0 Å². The highest BCUT2D eigenvalue weighted by atomic mass is 16.3. The van der Waals surface area contributed by atoms with E-state index in [-0.39, 0.29) is 18.1 Å². The van der Waals surface area contributed by atoms with Crippen molar-refractivity contribution in [1.29, 1.82) is 0 Å². The highest BCUT2D eigenvalue weighted by Gasteiger charge is 2.43. The van der Waals surface area contributed by atoms with E-state index in [4.69, 9.17) is 0 Å². The summed E-state index contributed by atoms with van der Waals surface area (Å²) in [5.41, 5.74) is 1.52. The molecule has 3 aliphatic rings. The Balaban J connectivity index is 1.35. The van der Waals surface area contributed by atoms with Crippen molar-refractivity contribution in [3.05, 3.63) is 23.8 Å². The summed E-state index contributed by atoms with van der Waals surface area (Å²) in [4.78, 5) is 2.61. The molecule has 178 valence electrons. The Morgan fingerprint density at radius 3 is 2.81 bits per heavy atom. The second kappa shape index (κ2) is 13.1. The molecule has 0 spiro atoms. The Kier molecular flexibility index (Phi) is 10.6. The van der Waals surface area contributed by atoms with Crippen LogP contribution in [-0.2, 0) is 0 Å². The number of nitrogens with zero attached hydrogens (tertiary/aromatic N) is 1. The van der Waals surface area contributed by atoms with Gasteiger partial charge in [-0.25, -0.2) is 0 Å². The number of nitrogens with one attached hydrogen (secondary N) is 1. The number of allylic oxidation sites excluding steroid dienone is 1. The topological polar surface area (TPSA) is 55.7 Å². The molecule has 0 radical (unpaired) electrons. The third-order valence-corrected chi connectivity index (χ3v) is 7.83. The number of hydrogen-bond acceptors (Lipinski definition) is 4. The van der Waals surface area contributed by atoms with Gasteiger partial charge >= 0.3 is 0 Å². The second-order valence-corrected chi connectivity index (χ2v) is 10.6. The van der Waals surface area contributed by atoms with Gasteiger partial charge in [0.25, 0.3) is 0 Å². The molecule has 0 aromatic carbocycles. The lowest BCUT2D eigenvalue weighted by Gasteiger charge is -2.26. The van der Waals surface area contributed by atoms with Gasteiger partial charge in [-0.05, 0) is 82.5 Å². The van der Waals surface area contributed by atoms with Crippen molar-refractivity contribution in [2.75, 3.05) is 32.7 Å². The number of unbranched alkanes of at least 4 members (excludes halogenated alkanes) is 1. The quantitative estimate of drug-likeness (QED) is 0.296. The summed E-state index contributed by atoms with van der Waals surface area (Å²) >= 11 is 0. The molecule has 0 unspecified atom stereocenters. The summed E-state index contributed by atoms with van der Waals surface area (Å²) in [5.74, 6) is 1.77. The van der Waals surface area contributed by atoms with Crippen LogP contribution in [0.25, 0.3) is 0 Å². The van der Waals surface area contributed by atoms with Gasteiger partial charge in [-0.2, -0.15) is 0 Å². The molecular formula is C27H48N2O2. The SMILES string of the molecule is CCCC[C@H](C)C[C@H](O)C=C[C@@H]1[C@H]2CC(CNCCCN3CCCCC3)=C[C@H]2C[C@H]1O. The molecule has 2 aliphatic carbocycles. The second-order valence-electron chi connectivity index (χ2n) is 10.6. The van der Waals surface area contributed by atoms with Crippen molar-refractivity contribution >= 4 is 0 Å². The molecule has 1 aliphatic heterocycles. The highest BCUT2D eigenvalue weighted by Crippen LogP contribution is 2.47. The number of aliphatic hydroxyl groups excluding tert-OH is 2. The molecule has 31 heavy (non-hydrogen) atoms. The summed E-state index contributed by atoms with van der Waals surface area (Å²) < 4.78 is 0. The Morgan fingerprint density at radius 2 is 2.03 bits per heavy atom. The number of rotatable bonds is 13. The molecule has 3 N–H and O–H groups in total. The lowest BCUT2D eigenvalue weighted by atomic mass is 9.88. The van der Waals surface area contributed by atoms with Gasteiger partial charge in [0, 0.05) is 12.5 Å². The van der Waals surface area contributed by atoms with Gasteiger partial charge in [0.2, 0.25) is 0 Å². The fraction of sp³-hybridized carbons (Fsp3) is 0.852. The fourth-order valence-corrected chi connectivity index (χ4v) is 6.01. The van der Waals surface area contributed by atoms with Crippen LogP contribution in [-0.4, -0.2) is 60.0 Å². The Bertz CT molecular complexity index is 570. The third kappa shape index (κ3) is 7.99. The van der Waals surface area contributed by atoms with E-state index in [9.17, 15) is 10.2 Å². The minimum Gasteiger partial charge on any atom is -0.392 e. The number of fused-ring (bicyclic) bond motifs is 1. The van der Waals surface area contributed by atoms with Gasteiger partial charge in [-0.15, -0.1) is 0 Å². The van der Waals surface area contributed by atoms with Crippen molar-refractivity contribution in [1.82, 2.24) is 10.2 Å². The van der Waals surface area contributed by atoms with Crippen LogP contribution in [0.1, 0.15) is 78.1 Å². The van der Waals surface area contributed by atoms with Crippen molar-refractivity contribution in [3.63, 3.8) is 0 Å². The van der Waals surface area contributed by atoms with Crippen LogP contribution < -0.4 is 5.32 Å². The van der Waals surface area contributed by atoms with E-state index in [0.29, 0.717) is 17.8 Å². The summed E-state index contributed by atoms with van der Waals surface area (Å²) in [6, 6.07) is 0. The molecule has 6 atom stereocenters. The monoisotopic (exact) mass is 432 g/mol. The van der Waals surface area contributed by atoms with E-state index < -0.39 is 0 Å². The van der Waals surface area contributed by atoms with Gasteiger partial charge in [-0.3, -0.25) is 0 Å². The minimum absolute atomic E-state index is 0.193. The zero-order valence-electron chi connectivity index (χ0n) is 20.1. The number of aliphatic hydroxyl groups is 2. The number of likely N-dealkylation sites (tertiary alicyclic amines) is 1. The van der Waals surface area contributed by atoms with Crippen LogP contribution in [0.5, 0.6) is 0 Å². The van der Waals surface area contributed by atoms with Gasteiger partial charge < -0.3 is 20.4 Å². The van der Waals surface area contributed by atoms with Crippen LogP contribution in [0, 0.1) is 23.7 Å². The average Bonchev–Trinajstić information content (AvgIpc) is 3.27. The molecule has 0 aromatic heterocycles. The summed E-state index contributed by atoms with van der Waals surface area (Å²) in [5, 5.41) is 24.7. The van der Waals surface area contributed by atoms with E-state index in [1.807, 2.05) is 6.08 Å². The van der Waals surface area contributed by atoms with Crippen LogP contribution >= 0.6 is 0 Å². The molecule has 1 saturated carbocycles. The molecule has 0 amide bonds. The molecule has 0 aromatic rings. The van der Waals surface area contributed by atoms with Gasteiger partial charge in [0.15, 0.2) is 0 Å². The number of piperidine rings is 1. The van der Waals surface area contributed by atoms with Crippen LogP contribution in [0.4, 0.5) is 0 Å². The number of hydrogen-bond donors (Lipinski definition) is 3. The first-order valence-electron chi connectivity index (χ1n) is 13.2. The zero-order valence-corrected chi connectivity index (χ0v) is 20.1. The van der Waals surface area contributed by atoms with Crippen molar-refractivity contribution in [2.45, 2.75) is 90.3 Å². The molecule has 1 heterocycles. The standard InChI is InChI=1S/C27H48N2O2/c1-3-4-9-21(2)16-24(30)10-11-25-26-18-22(17-23(26)19-27(25)31)20-28-12-8-15-29-13-6-5-7-14-29/h10-11,17,21,23-28,30-31H,3-9,12-16,18-20H2,1-2H3/t21-,23-,24+,25+,26-,27+/m0/s1. The van der Waals surface area contributed by atoms with Gasteiger partial charge in [-0.1, -0.05) is 63.3 Å². The predicted octanol–water partition coefficient (Wildman–Crippen LogP) is 4.53. The molecule has 2 fully saturated rings. The van der Waals surface area contributed by atoms with Crippen molar-refractivity contribution < 1.29 is 10.2 Å². The summed E-state index contributed by atoms with van der Waals surface area (Å²) in [7, 11) is 0. The smallest absolute Gasteiger partial charge is 0.0723 e. The van der Waals surface area contributed by atoms with E-state index in [2.05, 4.69) is 36.2 Å². The van der Waals surface area contributed by atoms with Crippen molar-refractivity contribution in [3.8, 4) is 0 Å².